The Kier molecular flexibility index (Phi) is 3.69. The topological polar surface area (TPSA) is 42.4 Å². The average molecular weight is 209 g/mol. The van der Waals surface area contributed by atoms with Gasteiger partial charge >= 0.3 is 0 Å². The predicted molar refractivity (Wildman–Crippen MR) is 59.8 cm³/mol. The van der Waals surface area contributed by atoms with Gasteiger partial charge in [-0.05, 0) is 17.9 Å². The second kappa shape index (κ2) is 4.62. The Morgan fingerprint density at radius 3 is 2.60 bits per heavy atom. The van der Waals surface area contributed by atoms with Crippen molar-refractivity contribution in [3.8, 4) is 5.75 Å². The minimum atomic E-state index is -0.479. The van der Waals surface area contributed by atoms with E-state index in [2.05, 4.69) is 25.8 Å². The number of nitrogens with zero attached hydrogens (tertiary/aromatic N) is 1. The number of pyridine rings is 1. The summed E-state index contributed by atoms with van der Waals surface area (Å²) >= 11 is 0. The Morgan fingerprint density at radius 1 is 1.40 bits per heavy atom. The molecule has 0 spiro atoms. The lowest BCUT2D eigenvalue weighted by molar-refractivity contribution is 0.122. The van der Waals surface area contributed by atoms with Gasteiger partial charge in [0, 0.05) is 11.8 Å². The van der Waals surface area contributed by atoms with Crippen LogP contribution in [0.2, 0.25) is 0 Å². The van der Waals surface area contributed by atoms with E-state index >= 15 is 0 Å². The van der Waals surface area contributed by atoms with Crippen LogP contribution in [0.15, 0.2) is 18.5 Å². The Hall–Kier alpha value is -1.09. The van der Waals surface area contributed by atoms with Crippen LogP contribution in [0.4, 0.5) is 0 Å². The molecule has 1 aromatic heterocycles. The van der Waals surface area contributed by atoms with Crippen LogP contribution in [0.3, 0.4) is 0 Å². The first-order chi connectivity index (χ1) is 6.92. The maximum Gasteiger partial charge on any atom is 0.137 e. The van der Waals surface area contributed by atoms with E-state index in [9.17, 15) is 5.11 Å². The molecular formula is C12H19NO2. The summed E-state index contributed by atoms with van der Waals surface area (Å²) in [5.41, 5.74) is 0.909. The minimum Gasteiger partial charge on any atom is -0.495 e. The lowest BCUT2D eigenvalue weighted by atomic mass is 9.87. The zero-order chi connectivity index (χ0) is 11.5. The van der Waals surface area contributed by atoms with E-state index in [-0.39, 0.29) is 5.41 Å². The Labute approximate surface area is 91.1 Å². The van der Waals surface area contributed by atoms with E-state index in [0.29, 0.717) is 12.2 Å². The molecule has 1 N–H and O–H groups in total. The first-order valence-electron chi connectivity index (χ1n) is 5.09. The van der Waals surface area contributed by atoms with Gasteiger partial charge in [0.1, 0.15) is 5.75 Å². The van der Waals surface area contributed by atoms with E-state index in [0.717, 1.165) is 5.56 Å². The zero-order valence-corrected chi connectivity index (χ0v) is 9.82. The molecule has 15 heavy (non-hydrogen) atoms. The van der Waals surface area contributed by atoms with E-state index in [1.807, 2.05) is 6.07 Å². The summed E-state index contributed by atoms with van der Waals surface area (Å²) in [6.07, 6.45) is 3.54. The highest BCUT2D eigenvalue weighted by Crippen LogP contribution is 2.29. The second-order valence-electron chi connectivity index (χ2n) is 4.94. The van der Waals surface area contributed by atoms with Crippen LogP contribution in [-0.4, -0.2) is 17.2 Å². The standard InChI is InChI=1S/C12H19NO2/c1-12(2,3)6-11(14)9-5-10(15-4)8-13-7-9/h5,7-8,11,14H,6H2,1-4H3. The summed E-state index contributed by atoms with van der Waals surface area (Å²) < 4.78 is 5.06. The minimum absolute atomic E-state index is 0.0997. The average Bonchev–Trinajstić information content (AvgIpc) is 2.15. The highest BCUT2D eigenvalue weighted by Gasteiger charge is 2.18. The maximum absolute atomic E-state index is 9.98. The van der Waals surface area contributed by atoms with Crippen molar-refractivity contribution in [2.45, 2.75) is 33.3 Å². The van der Waals surface area contributed by atoms with Gasteiger partial charge < -0.3 is 9.84 Å². The smallest absolute Gasteiger partial charge is 0.137 e. The molecule has 3 heteroatoms. The third kappa shape index (κ3) is 3.88. The molecule has 0 bridgehead atoms. The summed E-state index contributed by atoms with van der Waals surface area (Å²) in [5, 5.41) is 9.98. The fourth-order valence-electron chi connectivity index (χ4n) is 1.43. The van der Waals surface area contributed by atoms with Crippen molar-refractivity contribution < 1.29 is 9.84 Å². The lowest BCUT2D eigenvalue weighted by Crippen LogP contribution is -2.11. The van der Waals surface area contributed by atoms with Gasteiger partial charge in [0.2, 0.25) is 0 Å². The number of rotatable bonds is 3. The molecule has 1 aromatic rings. The summed E-state index contributed by atoms with van der Waals surface area (Å²) in [4.78, 5) is 4.02. The van der Waals surface area contributed by atoms with Crippen molar-refractivity contribution in [3.63, 3.8) is 0 Å². The van der Waals surface area contributed by atoms with E-state index in [1.165, 1.54) is 0 Å². The summed E-state index contributed by atoms with van der Waals surface area (Å²) in [6.45, 7) is 6.30. The van der Waals surface area contributed by atoms with Gasteiger partial charge in [-0.1, -0.05) is 20.8 Å². The first-order valence-corrected chi connectivity index (χ1v) is 5.09. The quantitative estimate of drug-likeness (QED) is 0.832. The molecule has 1 unspecified atom stereocenters. The van der Waals surface area contributed by atoms with Crippen molar-refractivity contribution in [1.29, 1.82) is 0 Å². The Morgan fingerprint density at radius 2 is 2.07 bits per heavy atom. The van der Waals surface area contributed by atoms with Crippen LogP contribution in [0, 0.1) is 5.41 Å². The number of aromatic nitrogens is 1. The molecule has 0 aliphatic heterocycles. The maximum atomic E-state index is 9.98. The number of ether oxygens (including phenoxy) is 1. The molecule has 3 nitrogen and oxygen atoms in total. The predicted octanol–water partition coefficient (Wildman–Crippen LogP) is 2.56. The fraction of sp³-hybridized carbons (Fsp3) is 0.583. The molecule has 1 heterocycles. The third-order valence-corrected chi connectivity index (χ3v) is 2.16. The fourth-order valence-corrected chi connectivity index (χ4v) is 1.43. The van der Waals surface area contributed by atoms with Crippen molar-refractivity contribution in [3.05, 3.63) is 24.0 Å². The monoisotopic (exact) mass is 209 g/mol. The molecule has 0 aliphatic carbocycles. The van der Waals surface area contributed by atoms with Gasteiger partial charge in [-0.25, -0.2) is 0 Å². The highest BCUT2D eigenvalue weighted by molar-refractivity contribution is 5.25. The van der Waals surface area contributed by atoms with Crippen LogP contribution >= 0.6 is 0 Å². The first kappa shape index (κ1) is 12.0. The summed E-state index contributed by atoms with van der Waals surface area (Å²) in [6, 6.07) is 1.82. The van der Waals surface area contributed by atoms with Gasteiger partial charge in [-0.2, -0.15) is 0 Å². The van der Waals surface area contributed by atoms with Crippen LogP contribution in [0.25, 0.3) is 0 Å². The van der Waals surface area contributed by atoms with Crippen LogP contribution in [0.5, 0.6) is 5.75 Å². The Bertz CT molecular complexity index is 318. The number of hydrogen-bond donors (Lipinski definition) is 1. The van der Waals surface area contributed by atoms with E-state index in [1.54, 1.807) is 19.5 Å². The molecule has 0 radical (unpaired) electrons. The number of aliphatic hydroxyl groups excluding tert-OH is 1. The molecule has 0 saturated heterocycles. The zero-order valence-electron chi connectivity index (χ0n) is 9.82. The molecule has 0 aliphatic rings. The molecular weight excluding hydrogens is 190 g/mol. The van der Waals surface area contributed by atoms with Crippen molar-refractivity contribution >= 4 is 0 Å². The molecule has 0 saturated carbocycles. The molecule has 0 aromatic carbocycles. The normalized spacial score (nSPS) is 13.7. The SMILES string of the molecule is COc1cncc(C(O)CC(C)(C)C)c1. The number of aliphatic hydroxyl groups is 1. The van der Waals surface area contributed by atoms with Gasteiger partial charge in [0.05, 0.1) is 19.4 Å². The van der Waals surface area contributed by atoms with Gasteiger partial charge in [-0.15, -0.1) is 0 Å². The van der Waals surface area contributed by atoms with Gasteiger partial charge in [0.15, 0.2) is 0 Å². The molecule has 0 amide bonds. The number of hydrogen-bond acceptors (Lipinski definition) is 3. The lowest BCUT2D eigenvalue weighted by Gasteiger charge is -2.22. The van der Waals surface area contributed by atoms with E-state index < -0.39 is 6.10 Å². The van der Waals surface area contributed by atoms with Crippen LogP contribution in [-0.2, 0) is 0 Å². The second-order valence-corrected chi connectivity index (χ2v) is 4.94. The highest BCUT2D eigenvalue weighted by atomic mass is 16.5. The molecule has 0 fully saturated rings. The molecule has 1 atom stereocenters. The number of methoxy groups -OCH3 is 1. The van der Waals surface area contributed by atoms with Crippen molar-refractivity contribution in [2.75, 3.05) is 7.11 Å². The third-order valence-electron chi connectivity index (χ3n) is 2.16. The van der Waals surface area contributed by atoms with Crippen LogP contribution in [0.1, 0.15) is 38.9 Å². The van der Waals surface area contributed by atoms with Gasteiger partial charge in [0.25, 0.3) is 0 Å². The Balaban J connectivity index is 2.77. The largest absolute Gasteiger partial charge is 0.495 e. The van der Waals surface area contributed by atoms with Crippen molar-refractivity contribution in [1.82, 2.24) is 4.98 Å². The summed E-state index contributed by atoms with van der Waals surface area (Å²) in [7, 11) is 1.59. The molecule has 1 rings (SSSR count). The van der Waals surface area contributed by atoms with E-state index in [4.69, 9.17) is 4.74 Å². The summed E-state index contributed by atoms with van der Waals surface area (Å²) in [5.74, 6) is 0.681. The van der Waals surface area contributed by atoms with Crippen molar-refractivity contribution in [2.24, 2.45) is 5.41 Å². The van der Waals surface area contributed by atoms with Crippen LogP contribution < -0.4 is 4.74 Å². The van der Waals surface area contributed by atoms with Gasteiger partial charge in [-0.3, -0.25) is 4.98 Å². The molecule has 84 valence electrons.